The number of rotatable bonds is 4. The summed E-state index contributed by atoms with van der Waals surface area (Å²) in [5.41, 5.74) is 3.30. The van der Waals surface area contributed by atoms with Gasteiger partial charge in [0.15, 0.2) is 0 Å². The topological polar surface area (TPSA) is 61.4 Å². The van der Waals surface area contributed by atoms with Crippen LogP contribution < -0.4 is 15.5 Å². The van der Waals surface area contributed by atoms with E-state index in [9.17, 15) is 9.59 Å². The number of hydrogen-bond donors (Lipinski definition) is 2. The molecule has 1 aliphatic heterocycles. The maximum Gasteiger partial charge on any atom is 0.321 e. The van der Waals surface area contributed by atoms with Gasteiger partial charge in [0.05, 0.1) is 6.54 Å². The van der Waals surface area contributed by atoms with Crippen LogP contribution >= 0.6 is 0 Å². The summed E-state index contributed by atoms with van der Waals surface area (Å²) in [7, 11) is 0. The molecule has 0 saturated carbocycles. The first-order valence-corrected chi connectivity index (χ1v) is 8.09. The van der Waals surface area contributed by atoms with Crippen molar-refractivity contribution in [2.75, 3.05) is 11.4 Å². The second kappa shape index (κ2) is 7.17. The molecule has 1 atom stereocenters. The molecule has 0 saturated heterocycles. The van der Waals surface area contributed by atoms with Gasteiger partial charge >= 0.3 is 6.03 Å². The number of hydrogen-bond acceptors (Lipinski definition) is 3. The largest absolute Gasteiger partial charge is 0.359 e. The van der Waals surface area contributed by atoms with Gasteiger partial charge in [-0.2, -0.15) is 0 Å². The molecule has 1 heterocycles. The Bertz CT molecular complexity index is 730. The number of urea groups is 1. The second-order valence-corrected chi connectivity index (χ2v) is 6.03. The maximum atomic E-state index is 12.2. The van der Waals surface area contributed by atoms with Gasteiger partial charge < -0.3 is 10.2 Å². The predicted octanol–water partition coefficient (Wildman–Crippen LogP) is 2.46. The highest BCUT2D eigenvalue weighted by Gasteiger charge is 2.27. The third-order valence-electron chi connectivity index (χ3n) is 4.21. The van der Waals surface area contributed by atoms with E-state index in [1.54, 1.807) is 0 Å². The molecule has 5 heteroatoms. The zero-order chi connectivity index (χ0) is 16.9. The highest BCUT2D eigenvalue weighted by atomic mass is 16.2. The molecule has 0 unspecified atom stereocenters. The van der Waals surface area contributed by atoms with Crippen LogP contribution in [-0.4, -0.2) is 24.5 Å². The molecule has 2 N–H and O–H groups in total. The van der Waals surface area contributed by atoms with E-state index in [0.717, 1.165) is 17.7 Å². The van der Waals surface area contributed by atoms with Crippen molar-refractivity contribution in [2.45, 2.75) is 25.9 Å². The number of amides is 3. The molecule has 124 valence electrons. The van der Waals surface area contributed by atoms with Crippen LogP contribution in [0.2, 0.25) is 0 Å². The van der Waals surface area contributed by atoms with Gasteiger partial charge in [0, 0.05) is 18.3 Å². The monoisotopic (exact) mass is 323 g/mol. The fourth-order valence-electron chi connectivity index (χ4n) is 3.01. The van der Waals surface area contributed by atoms with Gasteiger partial charge in [0.25, 0.3) is 0 Å². The summed E-state index contributed by atoms with van der Waals surface area (Å²) in [6, 6.07) is 17.4. The normalized spacial score (nSPS) is 15.7. The Balaban J connectivity index is 1.51. The van der Waals surface area contributed by atoms with E-state index < -0.39 is 6.03 Å². The maximum absolute atomic E-state index is 12.2. The summed E-state index contributed by atoms with van der Waals surface area (Å²) in [6.07, 6.45) is 0.920. The minimum absolute atomic E-state index is 0.178. The molecule has 2 aromatic carbocycles. The lowest BCUT2D eigenvalue weighted by molar-refractivity contribution is -0.118. The molecule has 5 nitrogen and oxygen atoms in total. The van der Waals surface area contributed by atoms with Crippen LogP contribution in [0, 0.1) is 0 Å². The van der Waals surface area contributed by atoms with Crippen molar-refractivity contribution >= 4 is 17.6 Å². The zero-order valence-corrected chi connectivity index (χ0v) is 13.7. The standard InChI is InChI=1S/C19H21N3O2/c1-14-11-16-9-5-6-10-17(16)22(14)13-18(23)21-19(24)20-12-15-7-3-2-4-8-15/h2-10,14H,11-13H2,1H3,(H2,20,21,23,24)/t14-/m0/s1. The van der Waals surface area contributed by atoms with Gasteiger partial charge in [-0.15, -0.1) is 0 Å². The lowest BCUT2D eigenvalue weighted by Gasteiger charge is -2.24. The molecule has 3 rings (SSSR count). The molecule has 0 aromatic heterocycles. The van der Waals surface area contributed by atoms with E-state index >= 15 is 0 Å². The number of imide groups is 1. The van der Waals surface area contributed by atoms with E-state index in [4.69, 9.17) is 0 Å². The third kappa shape index (κ3) is 3.74. The molecule has 2 aromatic rings. The predicted molar refractivity (Wildman–Crippen MR) is 93.8 cm³/mol. The van der Waals surface area contributed by atoms with Crippen LogP contribution in [0.15, 0.2) is 54.6 Å². The van der Waals surface area contributed by atoms with Gasteiger partial charge in [-0.05, 0) is 30.5 Å². The van der Waals surface area contributed by atoms with Gasteiger partial charge in [-0.1, -0.05) is 48.5 Å². The SMILES string of the molecule is C[C@H]1Cc2ccccc2N1CC(=O)NC(=O)NCc1ccccc1. The molecule has 0 bridgehead atoms. The molecule has 1 aliphatic rings. The Morgan fingerprint density at radius 2 is 1.79 bits per heavy atom. The summed E-state index contributed by atoms with van der Waals surface area (Å²) in [5.74, 6) is -0.302. The summed E-state index contributed by atoms with van der Waals surface area (Å²) in [6.45, 7) is 2.66. The van der Waals surface area contributed by atoms with Crippen molar-refractivity contribution in [3.63, 3.8) is 0 Å². The van der Waals surface area contributed by atoms with E-state index in [1.807, 2.05) is 53.4 Å². The fourth-order valence-corrected chi connectivity index (χ4v) is 3.01. The Morgan fingerprint density at radius 1 is 1.08 bits per heavy atom. The summed E-state index contributed by atoms with van der Waals surface area (Å²) < 4.78 is 0. The van der Waals surface area contributed by atoms with Crippen LogP contribution in [0.5, 0.6) is 0 Å². The number of para-hydroxylation sites is 1. The molecule has 0 aliphatic carbocycles. The van der Waals surface area contributed by atoms with Crippen molar-refractivity contribution in [1.29, 1.82) is 0 Å². The van der Waals surface area contributed by atoms with Crippen LogP contribution in [0.1, 0.15) is 18.1 Å². The first-order chi connectivity index (χ1) is 11.6. The molecular formula is C19H21N3O2. The Morgan fingerprint density at radius 3 is 2.58 bits per heavy atom. The van der Waals surface area contributed by atoms with Gasteiger partial charge in [-0.25, -0.2) is 4.79 Å². The minimum Gasteiger partial charge on any atom is -0.359 e. The lowest BCUT2D eigenvalue weighted by Crippen LogP contribution is -2.45. The Hall–Kier alpha value is -2.82. The molecule has 0 spiro atoms. The molecule has 0 radical (unpaired) electrons. The highest BCUT2D eigenvalue weighted by Crippen LogP contribution is 2.31. The van der Waals surface area contributed by atoms with Gasteiger partial charge in [-0.3, -0.25) is 10.1 Å². The summed E-state index contributed by atoms with van der Waals surface area (Å²) in [5, 5.41) is 5.09. The average molecular weight is 323 g/mol. The lowest BCUT2D eigenvalue weighted by atomic mass is 10.1. The van der Waals surface area contributed by atoms with Crippen LogP contribution in [0.25, 0.3) is 0 Å². The number of benzene rings is 2. The first-order valence-electron chi connectivity index (χ1n) is 8.09. The number of nitrogens with one attached hydrogen (secondary N) is 2. The summed E-state index contributed by atoms with van der Waals surface area (Å²) in [4.78, 5) is 26.1. The van der Waals surface area contributed by atoms with Crippen molar-refractivity contribution < 1.29 is 9.59 Å². The smallest absolute Gasteiger partial charge is 0.321 e. The van der Waals surface area contributed by atoms with Crippen LogP contribution in [0.3, 0.4) is 0 Å². The number of carbonyl (C=O) groups is 2. The average Bonchev–Trinajstić information content (AvgIpc) is 2.90. The van der Waals surface area contributed by atoms with Crippen LogP contribution in [-0.2, 0) is 17.8 Å². The van der Waals surface area contributed by atoms with E-state index in [2.05, 4.69) is 23.6 Å². The second-order valence-electron chi connectivity index (χ2n) is 6.03. The van der Waals surface area contributed by atoms with Crippen molar-refractivity contribution in [3.05, 3.63) is 65.7 Å². The van der Waals surface area contributed by atoms with E-state index in [0.29, 0.717) is 6.54 Å². The van der Waals surface area contributed by atoms with Crippen molar-refractivity contribution in [3.8, 4) is 0 Å². The quantitative estimate of drug-likeness (QED) is 0.908. The van der Waals surface area contributed by atoms with Gasteiger partial charge in [0.2, 0.25) is 5.91 Å². The molecule has 3 amide bonds. The number of anilines is 1. The molecule has 24 heavy (non-hydrogen) atoms. The summed E-state index contributed by atoms with van der Waals surface area (Å²) >= 11 is 0. The minimum atomic E-state index is -0.469. The van der Waals surface area contributed by atoms with Gasteiger partial charge in [0.1, 0.15) is 0 Å². The molecule has 0 fully saturated rings. The van der Waals surface area contributed by atoms with E-state index in [1.165, 1.54) is 5.56 Å². The number of fused-ring (bicyclic) bond motifs is 1. The highest BCUT2D eigenvalue weighted by molar-refractivity contribution is 5.96. The first kappa shape index (κ1) is 16.1. The Kier molecular flexibility index (Phi) is 4.79. The van der Waals surface area contributed by atoms with E-state index in [-0.39, 0.29) is 18.5 Å². The van der Waals surface area contributed by atoms with Crippen LogP contribution in [0.4, 0.5) is 10.5 Å². The van der Waals surface area contributed by atoms with Crippen molar-refractivity contribution in [2.24, 2.45) is 0 Å². The number of nitrogens with zero attached hydrogens (tertiary/aromatic N) is 1. The number of carbonyl (C=O) groups excluding carboxylic acids is 2. The fraction of sp³-hybridized carbons (Fsp3) is 0.263. The third-order valence-corrected chi connectivity index (χ3v) is 4.21. The molecular weight excluding hydrogens is 302 g/mol. The Labute approximate surface area is 141 Å². The van der Waals surface area contributed by atoms with Crippen molar-refractivity contribution in [1.82, 2.24) is 10.6 Å². The zero-order valence-electron chi connectivity index (χ0n) is 13.7.